The van der Waals surface area contributed by atoms with Crippen LogP contribution in [0.3, 0.4) is 0 Å². The van der Waals surface area contributed by atoms with Gasteiger partial charge in [0.25, 0.3) is 12.5 Å². The van der Waals surface area contributed by atoms with E-state index in [0.29, 0.717) is 0 Å². The molecule has 0 aliphatic heterocycles. The Labute approximate surface area is 56.3 Å². The van der Waals surface area contributed by atoms with Crippen molar-refractivity contribution in [3.05, 3.63) is 0 Å². The van der Waals surface area contributed by atoms with Crippen LogP contribution in [0.15, 0.2) is 0 Å². The Bertz CT molecular complexity index is 9.61. The molecule has 0 amide bonds. The van der Waals surface area contributed by atoms with Crippen molar-refractivity contribution >= 4 is 31.4 Å². The van der Waals surface area contributed by atoms with Gasteiger partial charge in [-0.25, -0.2) is 0 Å². The first-order valence-corrected chi connectivity index (χ1v) is 0.926. The van der Waals surface area contributed by atoms with E-state index in [1.165, 1.54) is 0 Å². The molecule has 0 aromatic rings. The van der Waals surface area contributed by atoms with Crippen LogP contribution in [0.1, 0.15) is 0 Å². The molecule has 0 atom stereocenters. The first-order valence-electron chi connectivity index (χ1n) is 0.309. The van der Waals surface area contributed by atoms with E-state index < -0.39 is 12.5 Å². The van der Waals surface area contributed by atoms with Crippen molar-refractivity contribution < 1.29 is 24.8 Å². The van der Waals surface area contributed by atoms with E-state index in [4.69, 9.17) is 0 Å². The molecule has 0 aliphatic carbocycles. The Morgan fingerprint density at radius 1 is 1.20 bits per heavy atom. The van der Waals surface area contributed by atoms with Gasteiger partial charge in [0.15, 0.2) is 0 Å². The molecule has 0 fully saturated rings. The van der Waals surface area contributed by atoms with Gasteiger partial charge in [0.05, 0.1) is 0 Å². The van der Waals surface area contributed by atoms with Gasteiger partial charge in [0, 0.05) is 35.9 Å². The van der Waals surface area contributed by atoms with E-state index in [9.17, 15) is 7.77 Å². The minimum atomic E-state index is -1.25. The standard InChI is InChI=1S/F2S.Fe.Li/c1-3-2;;. The van der Waals surface area contributed by atoms with E-state index in [0.717, 1.165) is 0 Å². The summed E-state index contributed by atoms with van der Waals surface area (Å²) in [6.07, 6.45) is 0. The number of rotatable bonds is 0. The molecular weight excluding hydrogens is 133 g/mol. The summed E-state index contributed by atoms with van der Waals surface area (Å²) in [5.74, 6) is 0. The number of halogens is 2. The molecule has 0 nitrogen and oxygen atoms in total. The van der Waals surface area contributed by atoms with Crippen LogP contribution in [0.2, 0.25) is 0 Å². The average Bonchev–Trinajstić information content (AvgIpc) is 0.918. The molecular formula is F2FeLiS. The van der Waals surface area contributed by atoms with Crippen molar-refractivity contribution in [3.8, 4) is 0 Å². The van der Waals surface area contributed by atoms with Gasteiger partial charge >= 0.3 is 0 Å². The van der Waals surface area contributed by atoms with Gasteiger partial charge in [-0.2, -0.15) is 0 Å². The molecule has 5 heteroatoms. The monoisotopic (exact) mass is 133 g/mol. The minimum absolute atomic E-state index is 0. The van der Waals surface area contributed by atoms with Crippen LogP contribution in [-0.4, -0.2) is 18.9 Å². The molecule has 0 saturated carbocycles. The van der Waals surface area contributed by atoms with Crippen LogP contribution in [-0.2, 0) is 17.1 Å². The van der Waals surface area contributed by atoms with Gasteiger partial charge < -0.3 is 0 Å². The average molecular weight is 133 g/mol. The van der Waals surface area contributed by atoms with Crippen LogP contribution >= 0.6 is 12.5 Å². The van der Waals surface area contributed by atoms with Gasteiger partial charge in [-0.15, -0.1) is 7.77 Å². The van der Waals surface area contributed by atoms with Crippen LogP contribution in [0.4, 0.5) is 7.77 Å². The molecule has 0 aromatic carbocycles. The van der Waals surface area contributed by atoms with E-state index in [1.807, 2.05) is 0 Å². The van der Waals surface area contributed by atoms with E-state index in [2.05, 4.69) is 0 Å². The normalized spacial score (nSPS) is 3.60. The second kappa shape index (κ2) is 18.4. The predicted octanol–water partition coefficient (Wildman–Crippen LogP) is 1.11. The molecule has 1 radical (unpaired) electrons. The second-order valence-electron chi connectivity index (χ2n) is 0.0583. The van der Waals surface area contributed by atoms with Crippen molar-refractivity contribution in [1.29, 1.82) is 0 Å². The molecule has 29 valence electrons. The Hall–Kier alpha value is 1.33. The van der Waals surface area contributed by atoms with Crippen LogP contribution in [0, 0.1) is 0 Å². The van der Waals surface area contributed by atoms with Crippen LogP contribution in [0.5, 0.6) is 0 Å². The summed E-state index contributed by atoms with van der Waals surface area (Å²) in [6, 6.07) is 0. The third kappa shape index (κ3) is 33.5. The van der Waals surface area contributed by atoms with Gasteiger partial charge in [-0.3, -0.25) is 0 Å². The van der Waals surface area contributed by atoms with Crippen LogP contribution < -0.4 is 0 Å². The number of hydrogen-bond acceptors (Lipinski definition) is 1. The summed E-state index contributed by atoms with van der Waals surface area (Å²) in [7, 11) is 0. The SMILES string of the molecule is FSF.[Fe].[Li]. The summed E-state index contributed by atoms with van der Waals surface area (Å²) in [6.45, 7) is 0. The fraction of sp³-hybridized carbons (Fsp3) is 0. The van der Waals surface area contributed by atoms with Gasteiger partial charge in [-0.05, 0) is 0 Å². The zero-order valence-corrected chi connectivity index (χ0v) is 4.44. The van der Waals surface area contributed by atoms with E-state index >= 15 is 0 Å². The maximum atomic E-state index is 9.54. The minimum Gasteiger partial charge on any atom is -0.127 e. The summed E-state index contributed by atoms with van der Waals surface area (Å²) in [4.78, 5) is 0. The van der Waals surface area contributed by atoms with E-state index in [-0.39, 0.29) is 35.9 Å². The molecule has 0 heterocycles. The Morgan fingerprint density at radius 2 is 1.20 bits per heavy atom. The molecule has 0 unspecified atom stereocenters. The predicted molar refractivity (Wildman–Crippen MR) is 15.6 cm³/mol. The maximum absolute atomic E-state index is 9.54. The zero-order chi connectivity index (χ0) is 2.71. The van der Waals surface area contributed by atoms with Gasteiger partial charge in [0.1, 0.15) is 0 Å². The fourth-order valence-corrected chi connectivity index (χ4v) is 0. The van der Waals surface area contributed by atoms with Crippen LogP contribution in [0.25, 0.3) is 0 Å². The molecule has 0 aliphatic rings. The molecule has 0 spiro atoms. The molecule has 0 aromatic heterocycles. The second-order valence-corrected chi connectivity index (χ2v) is 0.175. The Morgan fingerprint density at radius 3 is 1.20 bits per heavy atom. The first-order chi connectivity index (χ1) is 1.41. The quantitative estimate of drug-likeness (QED) is 0.446. The number of hydrogen-bond donors (Lipinski definition) is 0. The summed E-state index contributed by atoms with van der Waals surface area (Å²) in [5.41, 5.74) is 0. The maximum Gasteiger partial charge on any atom is 0.255 e. The third-order valence-corrected chi connectivity index (χ3v) is 0. The van der Waals surface area contributed by atoms with Crippen molar-refractivity contribution in [2.75, 3.05) is 0 Å². The molecule has 0 saturated heterocycles. The van der Waals surface area contributed by atoms with E-state index in [1.54, 1.807) is 0 Å². The topological polar surface area (TPSA) is 0 Å². The zero-order valence-electron chi connectivity index (χ0n) is 2.52. The molecule has 5 heavy (non-hydrogen) atoms. The smallest absolute Gasteiger partial charge is 0.127 e. The molecule has 0 rings (SSSR count). The van der Waals surface area contributed by atoms with Crippen molar-refractivity contribution in [2.24, 2.45) is 0 Å². The largest absolute Gasteiger partial charge is 0.255 e. The summed E-state index contributed by atoms with van der Waals surface area (Å²) >= 11 is -1.25. The van der Waals surface area contributed by atoms with Crippen molar-refractivity contribution in [3.63, 3.8) is 0 Å². The van der Waals surface area contributed by atoms with Gasteiger partial charge in [-0.1, -0.05) is 0 Å². The fourth-order valence-electron chi connectivity index (χ4n) is 0. The van der Waals surface area contributed by atoms with Crippen molar-refractivity contribution in [2.45, 2.75) is 0 Å². The molecule has 0 bridgehead atoms. The summed E-state index contributed by atoms with van der Waals surface area (Å²) in [5, 5.41) is 0. The third-order valence-electron chi connectivity index (χ3n) is 0. The Kier molecular flexibility index (Phi) is 59.8. The first kappa shape index (κ1) is 16.2. The summed E-state index contributed by atoms with van der Waals surface area (Å²) < 4.78 is 19.1. The molecule has 0 N–H and O–H groups in total. The van der Waals surface area contributed by atoms with Gasteiger partial charge in [0.2, 0.25) is 0 Å². The van der Waals surface area contributed by atoms with Crippen molar-refractivity contribution in [1.82, 2.24) is 0 Å². The Balaban J connectivity index is -0.0000000200.